The number of aryl methyl sites for hydroxylation is 2. The van der Waals surface area contributed by atoms with Gasteiger partial charge in [0.2, 0.25) is 12.0 Å². The second-order valence-corrected chi connectivity index (χ2v) is 30.9. The number of imidazole rings is 1. The molecular weight excluding hydrogens is 2410 g/mol. The first-order chi connectivity index (χ1) is 64.7. The molecule has 16 aromatic heterocycles. The van der Waals surface area contributed by atoms with Gasteiger partial charge in [0.15, 0.2) is 29.0 Å². The molecule has 28 heteroatoms. The van der Waals surface area contributed by atoms with Crippen LogP contribution in [0.5, 0.6) is 0 Å². The predicted molar refractivity (Wildman–Crippen MR) is 507 cm³/mol. The third-order valence-electron chi connectivity index (χ3n) is 22.7. The Morgan fingerprint density at radius 2 is 1.19 bits per heavy atom. The zero-order valence-corrected chi connectivity index (χ0v) is 81.0. The molecule has 8 aromatic carbocycles. The number of hydrogen-bond acceptors (Lipinski definition) is 16. The van der Waals surface area contributed by atoms with E-state index < -0.39 is 0 Å². The first kappa shape index (κ1) is 90.2. The largest absolute Gasteiger partial charge is 2.00 e. The molecule has 1 aliphatic heterocycles. The van der Waals surface area contributed by atoms with Crippen molar-refractivity contribution in [2.24, 2.45) is 19.1 Å². The van der Waals surface area contributed by atoms with Gasteiger partial charge in [-0.25, -0.2) is 39.2 Å². The molecule has 0 amide bonds. The van der Waals surface area contributed by atoms with Crippen molar-refractivity contribution in [3.63, 3.8) is 0 Å². The summed E-state index contributed by atoms with van der Waals surface area (Å²) < 4.78 is 36.1. The van der Waals surface area contributed by atoms with Gasteiger partial charge in [-0.3, -0.25) is 33.6 Å². The predicted octanol–water partition coefficient (Wildman–Crippen LogP) is 21.9. The number of furan rings is 2. The molecule has 1 aliphatic rings. The summed E-state index contributed by atoms with van der Waals surface area (Å²) in [5, 5.41) is 9.61. The number of oxazole rings is 2. The first-order valence-electron chi connectivity index (χ1n) is 42.3. The van der Waals surface area contributed by atoms with Gasteiger partial charge in [-0.05, 0) is 116 Å². The van der Waals surface area contributed by atoms with E-state index in [-0.39, 0.29) is 90.2 Å². The molecule has 0 radical (unpaired) electrons. The van der Waals surface area contributed by atoms with Gasteiger partial charge in [0.1, 0.15) is 65.3 Å². The number of aromatic nitrogens is 16. The fourth-order valence-corrected chi connectivity index (χ4v) is 16.6. The fourth-order valence-electron chi connectivity index (χ4n) is 16.6. The molecule has 0 bridgehead atoms. The Morgan fingerprint density at radius 3 is 1.99 bits per heavy atom. The normalized spacial score (nSPS) is 12.0. The maximum absolute atomic E-state index is 6.06. The van der Waals surface area contributed by atoms with E-state index in [1.165, 1.54) is 6.39 Å². The summed E-state index contributed by atoms with van der Waals surface area (Å²) in [6.45, 7) is 0.369. The Bertz CT molecular complexity index is 8330. The van der Waals surface area contributed by atoms with E-state index in [9.17, 15) is 0 Å². The molecule has 666 valence electrons. The van der Waals surface area contributed by atoms with E-state index in [0.717, 1.165) is 169 Å². The zero-order valence-electron chi connectivity index (χ0n) is 71.9. The zero-order chi connectivity index (χ0) is 87.7. The van der Waals surface area contributed by atoms with Crippen LogP contribution in [0.25, 0.3) is 146 Å². The molecule has 1 atom stereocenters. The number of hydrogen-bond donors (Lipinski definition) is 0. The summed E-state index contributed by atoms with van der Waals surface area (Å²) in [7, 11) is 6.01. The van der Waals surface area contributed by atoms with Crippen LogP contribution in [0, 0.1) is 30.5 Å². The number of anilines is 5. The van der Waals surface area contributed by atoms with Gasteiger partial charge < -0.3 is 31.7 Å². The van der Waals surface area contributed by atoms with E-state index in [4.69, 9.17) is 52.6 Å². The van der Waals surface area contributed by atoms with Crippen molar-refractivity contribution in [3.05, 3.63) is 413 Å². The Morgan fingerprint density at radius 1 is 0.511 bits per heavy atom. The molecule has 135 heavy (non-hydrogen) atoms. The van der Waals surface area contributed by atoms with Crippen molar-refractivity contribution in [3.8, 4) is 68.5 Å². The minimum atomic E-state index is -0.00588. The fraction of sp³-hybridized carbons (Fsp3) is 0.0467. The molecule has 24 nitrogen and oxygen atoms in total. The van der Waals surface area contributed by atoms with Crippen molar-refractivity contribution in [2.75, 3.05) is 23.5 Å². The van der Waals surface area contributed by atoms with E-state index in [1.54, 1.807) is 29.6 Å². The summed E-state index contributed by atoms with van der Waals surface area (Å²) in [6, 6.07) is 118. The molecule has 17 heterocycles. The van der Waals surface area contributed by atoms with Crippen LogP contribution in [0.1, 0.15) is 22.9 Å². The standard InChI is InChI=1S/C32H20N4O.C28H17N3.C25H22N7O2.C22H15N6O.4Pt/c1-2-10-24(11-3-1)36(31-17-7-13-27(33-31)25-12-6-15-29-26(25)20-22-37-29)32-18-8-16-30(34-32)35-21-19-23-9-4-5-14-28(23)35;1-3-10-20(11-4-1)24-15-9-17-27(29-24)31-26-16-8-7-14-22(26)23-18-19-25(30-28(23)31)21-12-5-2-6-13-21;1-30-12-19(23-24(30)31(2)15-27-23)20-9-6-10-21(29-20)32(18-7-4-3-5-8-18)14-26-11-17-13-33-25-22(17)28-16-34-25;1-26-14-16(15-6-2-3-7-17(15)26)22-25-21-18(29-22)10-13-27(21)19-8-4-9-20(24-19)28-12-5-11-23-28;;;;/h1-13,15-19,21-22H;1-10,12,14-19H;3-13,15-16,19H,14H2,1-2H3;2-13H,1H3;;;;/q2*-2;+1;-1;;;2*+2. The second-order valence-electron chi connectivity index (χ2n) is 30.9. The van der Waals surface area contributed by atoms with Crippen LogP contribution in [-0.2, 0) is 98.4 Å². The van der Waals surface area contributed by atoms with Gasteiger partial charge in [-0.2, -0.15) is 29.4 Å². The molecular formula is C107H74N20O4Pt4. The van der Waals surface area contributed by atoms with Crippen LogP contribution in [-0.4, -0.2) is 98.6 Å². The molecule has 0 spiro atoms. The van der Waals surface area contributed by atoms with Gasteiger partial charge >= 0.3 is 47.9 Å². The number of rotatable bonds is 17. The number of fused-ring (bicyclic) bond motifs is 9. The van der Waals surface area contributed by atoms with E-state index in [1.807, 2.05) is 302 Å². The number of benzene rings is 8. The minimum Gasteiger partial charge on any atom is -0.535 e. The molecule has 0 N–H and O–H groups in total. The third kappa shape index (κ3) is 18.0. The maximum atomic E-state index is 6.06. The smallest absolute Gasteiger partial charge is 0.535 e. The number of pyridine rings is 6. The molecule has 0 fully saturated rings. The Kier molecular flexibility index (Phi) is 26.8. The quantitative estimate of drug-likeness (QED) is 0.0468. The van der Waals surface area contributed by atoms with E-state index in [0.29, 0.717) is 35.1 Å². The number of aliphatic imine (C=N–C) groups is 1. The molecule has 1 unspecified atom stereocenters. The third-order valence-corrected chi connectivity index (χ3v) is 22.7. The van der Waals surface area contributed by atoms with Crippen LogP contribution in [0.2, 0.25) is 0 Å². The molecule has 24 aromatic rings. The van der Waals surface area contributed by atoms with Gasteiger partial charge in [-0.15, -0.1) is 111 Å². The average molecular weight is 2480 g/mol. The molecule has 25 rings (SSSR count). The summed E-state index contributed by atoms with van der Waals surface area (Å²) in [4.78, 5) is 52.3. The number of nitrogens with zero attached hydrogens (tertiary/aromatic N) is 20. The minimum absolute atomic E-state index is 0. The van der Waals surface area contributed by atoms with Crippen LogP contribution in [0.3, 0.4) is 0 Å². The first-order valence-corrected chi connectivity index (χ1v) is 42.3. The maximum Gasteiger partial charge on any atom is 2.00 e. The summed E-state index contributed by atoms with van der Waals surface area (Å²) in [5.74, 6) is 7.47. The summed E-state index contributed by atoms with van der Waals surface area (Å²) >= 11 is 0. The SMILES string of the molecule is C[N+]1=CC(c2cccc(N(CN=Cc3coc4ocnc34)c3ccccc3)n2)c2[n-]c[n+](C)c21.Cn1[c-]c(-c2nc3c(ccn3-c3cccc(-n4cccn4)n3)o2)c2ccccc21.[Pt+2].[Pt+2].[Pt].[Pt].[c-]1ccccc1-c1cccc(-n2c3ccccc3c3ccc(-c4[c-]cccc4)nc32)n1.[c-]1coc2cccc(-c3cccc(N(c4ccccc4)c4cccc(-n5ccc6ccc[c-]c65)n4)n3)c12. The van der Waals surface area contributed by atoms with Crippen molar-refractivity contribution in [1.82, 2.24) is 72.9 Å². The molecule has 0 saturated carbocycles. The Balaban J connectivity index is 0.000000119. The van der Waals surface area contributed by atoms with Gasteiger partial charge in [0.25, 0.3) is 5.82 Å². The van der Waals surface area contributed by atoms with Crippen LogP contribution < -0.4 is 19.4 Å². The van der Waals surface area contributed by atoms with Crippen LogP contribution in [0.15, 0.2) is 388 Å². The van der Waals surface area contributed by atoms with E-state index in [2.05, 4.69) is 153 Å². The molecule has 0 aliphatic carbocycles. The second kappa shape index (κ2) is 40.0. The van der Waals surface area contributed by atoms with Crippen molar-refractivity contribution < 1.29 is 111 Å². The van der Waals surface area contributed by atoms with Crippen LogP contribution >= 0.6 is 0 Å². The Hall–Kier alpha value is -15.3. The molecule has 0 saturated heterocycles. The topological polar surface area (TPSA) is 233 Å². The average Bonchev–Trinajstić information content (AvgIpc) is 1.59. The van der Waals surface area contributed by atoms with Crippen LogP contribution in [0.4, 0.5) is 34.6 Å². The van der Waals surface area contributed by atoms with Crippen molar-refractivity contribution in [1.29, 1.82) is 0 Å². The van der Waals surface area contributed by atoms with E-state index >= 15 is 0 Å². The summed E-state index contributed by atoms with van der Waals surface area (Å²) in [5.41, 5.74) is 18.0. The van der Waals surface area contributed by atoms with Crippen molar-refractivity contribution >= 4 is 124 Å². The monoisotopic (exact) mass is 2480 g/mol. The van der Waals surface area contributed by atoms with Gasteiger partial charge in [-0.1, -0.05) is 168 Å². The summed E-state index contributed by atoms with van der Waals surface area (Å²) in [6.07, 6.45) is 21.1. The van der Waals surface area contributed by atoms with Crippen molar-refractivity contribution in [2.45, 2.75) is 5.92 Å². The Labute approximate surface area is 831 Å². The number of para-hydroxylation sites is 5. The van der Waals surface area contributed by atoms with Gasteiger partial charge in [0, 0.05) is 113 Å². The van der Waals surface area contributed by atoms with Gasteiger partial charge in [0.05, 0.1) is 37.1 Å².